The number of amides is 1. The normalized spacial score (nSPS) is 12.4. The van der Waals surface area contributed by atoms with Crippen LogP contribution in [0.4, 0.5) is 5.69 Å². The van der Waals surface area contributed by atoms with Crippen molar-refractivity contribution >= 4 is 21.6 Å². The maximum Gasteiger partial charge on any atom is 0.279 e. The molecule has 0 unspecified atom stereocenters. The summed E-state index contributed by atoms with van der Waals surface area (Å²) in [6.07, 6.45) is 1.48. The van der Waals surface area contributed by atoms with E-state index >= 15 is 0 Å². The van der Waals surface area contributed by atoms with Gasteiger partial charge in [0.15, 0.2) is 6.54 Å². The van der Waals surface area contributed by atoms with E-state index in [1.54, 1.807) is 24.3 Å². The number of quaternary nitrogens is 1. The Balaban J connectivity index is 1.56. The lowest BCUT2D eigenvalue weighted by molar-refractivity contribution is -0.682. The zero-order chi connectivity index (χ0) is 20.7. The van der Waals surface area contributed by atoms with Gasteiger partial charge in [0.1, 0.15) is 11.8 Å². The van der Waals surface area contributed by atoms with Gasteiger partial charge in [0.2, 0.25) is 10.0 Å². The molecule has 29 heavy (non-hydrogen) atoms. The molecule has 1 amide bonds. The monoisotopic (exact) mass is 414 g/mol. The van der Waals surface area contributed by atoms with Crippen molar-refractivity contribution in [2.75, 3.05) is 11.9 Å². The highest BCUT2D eigenvalue weighted by Crippen LogP contribution is 2.16. The molecule has 0 spiro atoms. The van der Waals surface area contributed by atoms with Crippen LogP contribution in [0, 0.1) is 0 Å². The summed E-state index contributed by atoms with van der Waals surface area (Å²) in [6, 6.07) is 19.6. The fourth-order valence-electron chi connectivity index (χ4n) is 2.79. The van der Waals surface area contributed by atoms with Crippen molar-refractivity contribution in [3.63, 3.8) is 0 Å². The predicted octanol–water partition coefficient (Wildman–Crippen LogP) is 2.02. The fraction of sp³-hybridized carbons (Fsp3) is 0.190. The average Bonchev–Trinajstić information content (AvgIpc) is 3.25. The Labute approximate surface area is 170 Å². The molecule has 0 aliphatic heterocycles. The molecule has 1 aromatic heterocycles. The van der Waals surface area contributed by atoms with E-state index in [-0.39, 0.29) is 29.9 Å². The highest BCUT2D eigenvalue weighted by atomic mass is 32.2. The first kappa shape index (κ1) is 20.8. The van der Waals surface area contributed by atoms with Crippen molar-refractivity contribution in [1.82, 2.24) is 4.72 Å². The van der Waals surface area contributed by atoms with E-state index in [2.05, 4.69) is 10.0 Å². The van der Waals surface area contributed by atoms with Gasteiger partial charge in [-0.1, -0.05) is 36.4 Å². The molecule has 1 heterocycles. The molecule has 0 saturated carbocycles. The number of nitrogens with one attached hydrogen (secondary N) is 2. The summed E-state index contributed by atoms with van der Waals surface area (Å²) in [5, 5.41) is 4.68. The van der Waals surface area contributed by atoms with Crippen molar-refractivity contribution in [2.24, 2.45) is 0 Å². The third kappa shape index (κ3) is 6.02. The van der Waals surface area contributed by atoms with E-state index < -0.39 is 10.0 Å². The number of furan rings is 1. The SMILES string of the molecule is C[C@H]([NH2+]CC(=O)Nc1cccc(S(=O)(=O)NCc2ccco2)c1)c1ccccc1. The van der Waals surface area contributed by atoms with Crippen LogP contribution in [0.3, 0.4) is 0 Å². The number of anilines is 1. The van der Waals surface area contributed by atoms with Gasteiger partial charge in [-0.2, -0.15) is 0 Å². The number of rotatable bonds is 9. The highest BCUT2D eigenvalue weighted by Gasteiger charge is 2.16. The summed E-state index contributed by atoms with van der Waals surface area (Å²) in [4.78, 5) is 12.3. The number of benzene rings is 2. The van der Waals surface area contributed by atoms with Crippen LogP contribution in [0.1, 0.15) is 24.3 Å². The second kappa shape index (κ2) is 9.51. The summed E-state index contributed by atoms with van der Waals surface area (Å²) in [5.74, 6) is 0.312. The largest absolute Gasteiger partial charge is 0.468 e. The second-order valence-electron chi connectivity index (χ2n) is 6.62. The van der Waals surface area contributed by atoms with E-state index in [9.17, 15) is 13.2 Å². The molecule has 8 heteroatoms. The fourth-order valence-corrected chi connectivity index (χ4v) is 3.83. The summed E-state index contributed by atoms with van der Waals surface area (Å²) in [5.41, 5.74) is 1.56. The van der Waals surface area contributed by atoms with E-state index in [1.807, 2.05) is 42.6 Å². The van der Waals surface area contributed by atoms with Crippen LogP contribution in [0.15, 0.2) is 82.3 Å². The molecule has 0 fully saturated rings. The zero-order valence-electron chi connectivity index (χ0n) is 16.0. The Morgan fingerprint density at radius 3 is 2.59 bits per heavy atom. The van der Waals surface area contributed by atoms with Crippen LogP contribution in [0.25, 0.3) is 0 Å². The summed E-state index contributed by atoms with van der Waals surface area (Å²) >= 11 is 0. The first-order chi connectivity index (χ1) is 13.9. The van der Waals surface area contributed by atoms with Gasteiger partial charge in [0.25, 0.3) is 5.91 Å². The van der Waals surface area contributed by atoms with Gasteiger partial charge in [-0.15, -0.1) is 0 Å². The molecule has 1 atom stereocenters. The Morgan fingerprint density at radius 1 is 1.07 bits per heavy atom. The third-order valence-electron chi connectivity index (χ3n) is 4.43. The summed E-state index contributed by atoms with van der Waals surface area (Å²) < 4.78 is 32.5. The smallest absolute Gasteiger partial charge is 0.279 e. The molecule has 2 aromatic carbocycles. The van der Waals surface area contributed by atoms with Gasteiger partial charge < -0.3 is 15.1 Å². The Hall–Kier alpha value is -2.94. The first-order valence-electron chi connectivity index (χ1n) is 9.24. The van der Waals surface area contributed by atoms with Gasteiger partial charge in [0.05, 0.1) is 17.7 Å². The number of nitrogens with two attached hydrogens (primary N) is 1. The number of sulfonamides is 1. The molecule has 3 aromatic rings. The molecule has 4 N–H and O–H groups in total. The van der Waals surface area contributed by atoms with Crippen molar-refractivity contribution < 1.29 is 22.9 Å². The Kier molecular flexibility index (Phi) is 6.82. The van der Waals surface area contributed by atoms with E-state index in [0.29, 0.717) is 11.4 Å². The quantitative estimate of drug-likeness (QED) is 0.498. The number of carbonyl (C=O) groups is 1. The first-order valence-corrected chi connectivity index (χ1v) is 10.7. The number of carbonyl (C=O) groups excluding carboxylic acids is 1. The van der Waals surface area contributed by atoms with Crippen molar-refractivity contribution in [2.45, 2.75) is 24.4 Å². The van der Waals surface area contributed by atoms with Crippen LogP contribution in [-0.4, -0.2) is 20.9 Å². The summed E-state index contributed by atoms with van der Waals surface area (Å²) in [6.45, 7) is 2.31. The van der Waals surface area contributed by atoms with Crippen LogP contribution in [0.2, 0.25) is 0 Å². The number of hydrogen-bond acceptors (Lipinski definition) is 4. The minimum Gasteiger partial charge on any atom is -0.468 e. The maximum atomic E-state index is 12.5. The van der Waals surface area contributed by atoms with E-state index in [4.69, 9.17) is 4.42 Å². The minimum absolute atomic E-state index is 0.0538. The lowest BCUT2D eigenvalue weighted by Crippen LogP contribution is -2.86. The van der Waals surface area contributed by atoms with E-state index in [0.717, 1.165) is 5.56 Å². The molecule has 0 radical (unpaired) electrons. The van der Waals surface area contributed by atoms with Gasteiger partial charge in [-0.05, 0) is 37.3 Å². The molecular weight excluding hydrogens is 390 g/mol. The molecular formula is C21H24N3O4S+. The highest BCUT2D eigenvalue weighted by molar-refractivity contribution is 7.89. The van der Waals surface area contributed by atoms with Crippen LogP contribution < -0.4 is 15.4 Å². The average molecular weight is 415 g/mol. The molecule has 0 aliphatic carbocycles. The van der Waals surface area contributed by atoms with Crippen LogP contribution in [0.5, 0.6) is 0 Å². The predicted molar refractivity (Wildman–Crippen MR) is 109 cm³/mol. The third-order valence-corrected chi connectivity index (χ3v) is 5.83. The minimum atomic E-state index is -3.73. The molecule has 3 rings (SSSR count). The van der Waals surface area contributed by atoms with Crippen LogP contribution >= 0.6 is 0 Å². The second-order valence-corrected chi connectivity index (χ2v) is 8.39. The van der Waals surface area contributed by atoms with E-state index in [1.165, 1.54) is 18.4 Å². The Bertz CT molecular complexity index is 1030. The molecule has 0 aliphatic rings. The molecule has 152 valence electrons. The van der Waals surface area contributed by atoms with Gasteiger partial charge >= 0.3 is 0 Å². The standard InChI is InChI=1S/C21H23N3O4S/c1-16(17-7-3-2-4-8-17)22-15-21(25)24-18-9-5-11-20(13-18)29(26,27)23-14-19-10-6-12-28-19/h2-13,16,22-23H,14-15H2,1H3,(H,24,25)/p+1/t16-/m0/s1. The van der Waals surface area contributed by atoms with Gasteiger partial charge in [-0.3, -0.25) is 4.79 Å². The molecule has 0 bridgehead atoms. The summed E-state index contributed by atoms with van der Waals surface area (Å²) in [7, 11) is -3.73. The lowest BCUT2D eigenvalue weighted by atomic mass is 10.1. The molecule has 7 nitrogen and oxygen atoms in total. The lowest BCUT2D eigenvalue weighted by Gasteiger charge is -2.12. The van der Waals surface area contributed by atoms with Crippen molar-refractivity contribution in [3.05, 3.63) is 84.3 Å². The van der Waals surface area contributed by atoms with Gasteiger partial charge in [0, 0.05) is 11.3 Å². The number of hydrogen-bond donors (Lipinski definition) is 3. The van der Waals surface area contributed by atoms with Crippen molar-refractivity contribution in [3.8, 4) is 0 Å². The van der Waals surface area contributed by atoms with Crippen molar-refractivity contribution in [1.29, 1.82) is 0 Å². The Morgan fingerprint density at radius 2 is 1.86 bits per heavy atom. The maximum absolute atomic E-state index is 12.5. The molecule has 0 saturated heterocycles. The topological polar surface area (TPSA) is 105 Å². The zero-order valence-corrected chi connectivity index (χ0v) is 16.9. The van der Waals surface area contributed by atoms with Crippen LogP contribution in [-0.2, 0) is 21.4 Å². The van der Waals surface area contributed by atoms with Gasteiger partial charge in [-0.25, -0.2) is 13.1 Å².